The second kappa shape index (κ2) is 17.4. The molecule has 0 unspecified atom stereocenters. The van der Waals surface area contributed by atoms with E-state index in [0.29, 0.717) is 17.0 Å². The largest absolute Gasteiger partial charge is 1.00 e. The van der Waals surface area contributed by atoms with E-state index in [-0.39, 0.29) is 102 Å². The second-order valence-electron chi connectivity index (χ2n) is 15.9. The number of pyridine rings is 1. The van der Waals surface area contributed by atoms with Gasteiger partial charge in [0.1, 0.15) is 40.9 Å². The molecule has 1 saturated carbocycles. The van der Waals surface area contributed by atoms with Crippen LogP contribution in [0.2, 0.25) is 5.02 Å². The number of amides is 1. The van der Waals surface area contributed by atoms with E-state index >= 15 is 8.78 Å². The number of halogens is 11. The molecule has 3 aromatic heterocycles. The number of hydrogen-bond donors (Lipinski definition) is 2. The van der Waals surface area contributed by atoms with Gasteiger partial charge in [-0.3, -0.25) is 18.9 Å². The first kappa shape index (κ1) is 50.6. The number of nitrogens with zero attached hydrogens (tertiary/aromatic N) is 5. The van der Waals surface area contributed by atoms with Crippen molar-refractivity contribution in [2.24, 2.45) is 5.92 Å². The number of anilines is 1. The predicted molar refractivity (Wildman–Crippen MR) is 212 cm³/mol. The Morgan fingerprint density at radius 2 is 1.60 bits per heavy atom. The van der Waals surface area contributed by atoms with Crippen LogP contribution in [0.5, 0.6) is 0 Å². The Balaban J connectivity index is 0.00000408. The van der Waals surface area contributed by atoms with Crippen molar-refractivity contribution in [3.63, 3.8) is 0 Å². The molecule has 2 aliphatic rings. The van der Waals surface area contributed by atoms with Gasteiger partial charge in [-0.25, -0.2) is 30.6 Å². The third kappa shape index (κ3) is 10.5. The van der Waals surface area contributed by atoms with Crippen LogP contribution < -0.4 is 61.4 Å². The molecule has 1 fully saturated rings. The molecule has 0 spiro atoms. The number of benzene rings is 2. The number of sulfonamides is 1. The summed E-state index contributed by atoms with van der Waals surface area (Å²) in [5.41, 5.74) is -5.17. The molecule has 0 saturated heterocycles. The van der Waals surface area contributed by atoms with Gasteiger partial charge in [0.2, 0.25) is 15.9 Å². The van der Waals surface area contributed by atoms with Crippen molar-refractivity contribution in [3.8, 4) is 23.0 Å². The van der Waals surface area contributed by atoms with Crippen LogP contribution >= 0.6 is 11.6 Å². The van der Waals surface area contributed by atoms with Crippen LogP contribution in [0.1, 0.15) is 67.6 Å². The number of sulfone groups is 1. The Kier molecular flexibility index (Phi) is 13.5. The zero-order valence-electron chi connectivity index (χ0n) is 35.4. The van der Waals surface area contributed by atoms with Crippen LogP contribution in [-0.4, -0.2) is 70.7 Å². The molecule has 65 heavy (non-hydrogen) atoms. The first-order chi connectivity index (χ1) is 29.3. The number of carbonyl (C=O) groups is 1. The minimum atomic E-state index is -5.19. The molecule has 3 atom stereocenters. The zero-order chi connectivity index (χ0) is 47.3. The average molecular weight is 1010 g/mol. The Morgan fingerprint density at radius 3 is 2.18 bits per heavy atom. The summed E-state index contributed by atoms with van der Waals surface area (Å²) in [6, 6.07) is 5.24. The second-order valence-corrected chi connectivity index (χ2v) is 20.6. The Bertz CT molecular complexity index is 3040. The summed E-state index contributed by atoms with van der Waals surface area (Å²) in [6.07, 6.45) is -9.46. The molecule has 3 heterocycles. The quantitative estimate of drug-likeness (QED) is 0.109. The van der Waals surface area contributed by atoms with Crippen molar-refractivity contribution in [2.45, 2.75) is 74.8 Å². The zero-order valence-corrected chi connectivity index (χ0v) is 39.9. The van der Waals surface area contributed by atoms with E-state index in [9.17, 15) is 56.8 Å². The van der Waals surface area contributed by atoms with E-state index in [4.69, 9.17) is 11.6 Å². The molecule has 0 radical (unpaired) electrons. The summed E-state index contributed by atoms with van der Waals surface area (Å²) in [4.78, 5) is 18.5. The van der Waals surface area contributed by atoms with Gasteiger partial charge in [0, 0.05) is 34.9 Å². The van der Waals surface area contributed by atoms with E-state index < -0.39 is 126 Å². The van der Waals surface area contributed by atoms with E-state index in [1.807, 2.05) is 4.72 Å². The minimum absolute atomic E-state index is 0. The molecule has 26 heteroatoms. The van der Waals surface area contributed by atoms with Gasteiger partial charge in [0.15, 0.2) is 21.3 Å². The van der Waals surface area contributed by atoms with Gasteiger partial charge in [-0.05, 0) is 74.4 Å². The van der Waals surface area contributed by atoms with E-state index in [2.05, 4.69) is 32.3 Å². The number of carbonyl (C=O) groups excluding carboxylic acids is 1. The fourth-order valence-electron chi connectivity index (χ4n) is 7.52. The Hall–Kier alpha value is -3.77. The molecule has 2 N–H and O–H groups in total. The number of rotatable bonds is 11. The molecule has 344 valence electrons. The van der Waals surface area contributed by atoms with E-state index in [0.717, 1.165) is 24.5 Å². The van der Waals surface area contributed by atoms with Crippen LogP contribution in [0.3, 0.4) is 0 Å². The Labute approximate surface area is 412 Å². The van der Waals surface area contributed by atoms with E-state index in [1.165, 1.54) is 32.0 Å². The number of fused-ring (bicyclic) bond motifs is 4. The Morgan fingerprint density at radius 1 is 0.969 bits per heavy atom. The van der Waals surface area contributed by atoms with Crippen molar-refractivity contribution in [2.75, 3.05) is 17.2 Å². The first-order valence-electron chi connectivity index (χ1n) is 18.6. The molecule has 2 aromatic carbocycles. The summed E-state index contributed by atoms with van der Waals surface area (Å²) in [5, 5.41) is 9.01. The number of hydrogen-bond acceptors (Lipinski definition) is 8. The molecule has 0 bridgehead atoms. The fourth-order valence-corrected chi connectivity index (χ4v) is 8.50. The van der Waals surface area contributed by atoms with Crippen LogP contribution in [0.25, 0.3) is 22.0 Å². The monoisotopic (exact) mass is 1010 g/mol. The van der Waals surface area contributed by atoms with Crippen molar-refractivity contribution in [1.29, 1.82) is 0 Å². The summed E-state index contributed by atoms with van der Waals surface area (Å²) in [7, 11) is -8.06. The third-order valence-electron chi connectivity index (χ3n) is 10.6. The summed E-state index contributed by atoms with van der Waals surface area (Å²) < 4.78 is 195. The number of aromatic nitrogens is 5. The SMILES string of the molecule is CC(C)(C#Cc1ccc(-c2ccc(Cl)c3c(NS(C)(=O)=O)nn(CC(F)(F)F)c23)c([C@H](Cc2cc(F)cc(F)c2)NC(=O)Cn2nc(C(F)(F)F)c3c2C(F)(F)[C@@H]2C[C@H]32)n1)S(C)(=O)=O.[H-].[K+]. The topological polar surface area (TPSA) is 158 Å². The third-order valence-corrected chi connectivity index (χ3v) is 13.4. The maximum absolute atomic E-state index is 15.5. The molecule has 1 amide bonds. The van der Waals surface area contributed by atoms with Gasteiger partial charge in [-0.1, -0.05) is 23.6 Å². The van der Waals surface area contributed by atoms with Gasteiger partial charge in [-0.2, -0.15) is 45.3 Å². The predicted octanol–water partition coefficient (Wildman–Crippen LogP) is 4.78. The molecule has 7 rings (SSSR count). The van der Waals surface area contributed by atoms with Crippen molar-refractivity contribution < 1.29 is 118 Å². The summed E-state index contributed by atoms with van der Waals surface area (Å²) in [5.74, 6) is -5.43. The van der Waals surface area contributed by atoms with Gasteiger partial charge in [0.25, 0.3) is 5.92 Å². The first-order valence-corrected chi connectivity index (χ1v) is 22.8. The molecule has 2 aliphatic carbocycles. The van der Waals surface area contributed by atoms with Crippen LogP contribution in [-0.2, 0) is 56.3 Å². The minimum Gasteiger partial charge on any atom is -1.00 e. The summed E-state index contributed by atoms with van der Waals surface area (Å²) in [6.45, 7) is -0.547. The number of nitrogens with one attached hydrogen (secondary N) is 2. The number of alkyl halides is 8. The molecule has 0 aliphatic heterocycles. The molecule has 12 nitrogen and oxygen atoms in total. The fraction of sp³-hybridized carbons (Fsp3) is 0.385. The molecule has 5 aromatic rings. The van der Waals surface area contributed by atoms with Crippen molar-refractivity contribution in [3.05, 3.63) is 93.0 Å². The van der Waals surface area contributed by atoms with Crippen LogP contribution in [0, 0.1) is 29.4 Å². The maximum atomic E-state index is 15.5. The van der Waals surface area contributed by atoms with Gasteiger partial charge in [0.05, 0.1) is 33.9 Å². The van der Waals surface area contributed by atoms with Gasteiger partial charge >= 0.3 is 63.7 Å². The maximum Gasteiger partial charge on any atom is 1.00 e. The van der Waals surface area contributed by atoms with E-state index in [1.54, 1.807) is 0 Å². The average Bonchev–Trinajstić information content (AvgIpc) is 3.66. The van der Waals surface area contributed by atoms with Gasteiger partial charge in [-0.15, -0.1) is 0 Å². The normalized spacial score (nSPS) is 17.4. The van der Waals surface area contributed by atoms with Crippen molar-refractivity contribution >= 4 is 54.1 Å². The van der Waals surface area contributed by atoms with Gasteiger partial charge < -0.3 is 6.74 Å². The molecular formula is C39H33ClF10KN7O5S2. The summed E-state index contributed by atoms with van der Waals surface area (Å²) >= 11 is 6.46. The van der Waals surface area contributed by atoms with Crippen molar-refractivity contribution in [1.82, 2.24) is 29.9 Å². The van der Waals surface area contributed by atoms with Crippen LogP contribution in [0.4, 0.5) is 49.7 Å². The van der Waals surface area contributed by atoms with Crippen LogP contribution in [0.15, 0.2) is 42.5 Å². The standard InChI is InChI=1S/C39H32ClF10N7O5S2.K.H/c1-36(2,63(3,59)60)10-9-21-5-6-22(23-7-8-26(40)30-32(23)57(17-37(43,44)45)54-35(30)55-64(4,61)62)31(51-21)27(13-18-11-19(41)14-20(42)12-18)52-28(58)16-56-34-29(33(53-56)39(48,49)50)24-15-25(24)38(34,46)47;;/h5-8,11-12,14,24-25,27H,13,15-17H2,1-4H3,(H,52,58)(H,54,55);;/q;+1;-1/t24-,25+,27-;;/m0../s1. The smallest absolute Gasteiger partial charge is 1.00 e. The molecular weight excluding hydrogens is 975 g/mol.